The quantitative estimate of drug-likeness (QED) is 0.244. The van der Waals surface area contributed by atoms with Gasteiger partial charge in [0, 0.05) is 24.5 Å². The summed E-state index contributed by atoms with van der Waals surface area (Å²) in [6.07, 6.45) is 4.65. The van der Waals surface area contributed by atoms with E-state index in [0.717, 1.165) is 12.8 Å². The SMILES string of the molecule is COC(=O)[C@H]1[C@H]2[C@H](C=C(C)[C@H]1CO[Si](C)(C)C(C)(C)C)CC[C@H]2O[Si](C)(C)C(C)(C)C. The molecular weight excluding hydrogens is 420 g/mol. The summed E-state index contributed by atoms with van der Waals surface area (Å²) in [5.74, 6) is 0.340. The number of rotatable bonds is 6. The van der Waals surface area contributed by atoms with Crippen LogP contribution in [-0.4, -0.2) is 42.4 Å². The molecule has 5 atom stereocenters. The molecule has 6 heteroatoms. The number of carbonyl (C=O) groups excluding carboxylic acids is 1. The van der Waals surface area contributed by atoms with Gasteiger partial charge in [-0.25, -0.2) is 0 Å². The molecule has 0 radical (unpaired) electrons. The highest BCUT2D eigenvalue weighted by Gasteiger charge is 2.53. The van der Waals surface area contributed by atoms with Gasteiger partial charge in [-0.2, -0.15) is 0 Å². The van der Waals surface area contributed by atoms with Crippen LogP contribution in [0.3, 0.4) is 0 Å². The third-order valence-electron chi connectivity index (χ3n) is 8.77. The molecule has 0 aromatic rings. The topological polar surface area (TPSA) is 44.8 Å². The normalized spacial score (nSPS) is 30.1. The molecule has 2 rings (SSSR count). The number of methoxy groups -OCH3 is 1. The van der Waals surface area contributed by atoms with Crippen LogP contribution in [0.25, 0.3) is 0 Å². The second-order valence-electron chi connectivity index (χ2n) is 12.9. The van der Waals surface area contributed by atoms with Crippen molar-refractivity contribution in [1.29, 1.82) is 0 Å². The molecule has 0 aromatic carbocycles. The van der Waals surface area contributed by atoms with Gasteiger partial charge < -0.3 is 13.6 Å². The summed E-state index contributed by atoms with van der Waals surface area (Å²) in [4.78, 5) is 13.2. The summed E-state index contributed by atoms with van der Waals surface area (Å²) in [7, 11) is -2.32. The minimum absolute atomic E-state index is 0.0615. The minimum atomic E-state index is -1.93. The fourth-order valence-electron chi connectivity index (χ4n) is 4.62. The van der Waals surface area contributed by atoms with Crippen molar-refractivity contribution >= 4 is 22.6 Å². The van der Waals surface area contributed by atoms with Crippen LogP contribution < -0.4 is 0 Å². The number of esters is 1. The smallest absolute Gasteiger partial charge is 0.309 e. The zero-order chi connectivity index (χ0) is 24.0. The molecule has 0 saturated heterocycles. The van der Waals surface area contributed by atoms with E-state index in [1.165, 1.54) is 12.7 Å². The van der Waals surface area contributed by atoms with Crippen molar-refractivity contribution in [3.05, 3.63) is 11.6 Å². The number of hydrogen-bond donors (Lipinski definition) is 0. The monoisotopic (exact) mass is 468 g/mol. The molecule has 4 nitrogen and oxygen atoms in total. The summed E-state index contributed by atoms with van der Waals surface area (Å²) in [5, 5.41) is 0.293. The Bertz CT molecular complexity index is 685. The third-order valence-corrected chi connectivity index (χ3v) is 17.8. The average Bonchev–Trinajstić information content (AvgIpc) is 2.98. The Hall–Kier alpha value is -0.436. The Morgan fingerprint density at radius 1 is 1.00 bits per heavy atom. The van der Waals surface area contributed by atoms with Gasteiger partial charge in [-0.3, -0.25) is 4.79 Å². The first kappa shape index (κ1) is 26.8. The van der Waals surface area contributed by atoms with Crippen molar-refractivity contribution in [3.8, 4) is 0 Å². The van der Waals surface area contributed by atoms with Gasteiger partial charge in [0.05, 0.1) is 13.0 Å². The van der Waals surface area contributed by atoms with Crippen LogP contribution in [0.2, 0.25) is 36.3 Å². The number of fused-ring (bicyclic) bond motifs is 1. The lowest BCUT2D eigenvalue weighted by Crippen LogP contribution is -2.50. The maximum Gasteiger partial charge on any atom is 0.309 e. The molecule has 0 aromatic heterocycles. The number of allylic oxidation sites excluding steroid dienone is 1. The Kier molecular flexibility index (Phi) is 7.85. The van der Waals surface area contributed by atoms with E-state index < -0.39 is 16.6 Å². The van der Waals surface area contributed by atoms with E-state index in [-0.39, 0.29) is 39.9 Å². The Balaban J connectivity index is 2.35. The van der Waals surface area contributed by atoms with E-state index >= 15 is 0 Å². The molecular formula is C25H48O4Si2. The van der Waals surface area contributed by atoms with Crippen molar-refractivity contribution < 1.29 is 18.4 Å². The van der Waals surface area contributed by atoms with E-state index in [9.17, 15) is 4.79 Å². The first-order valence-electron chi connectivity index (χ1n) is 12.0. The van der Waals surface area contributed by atoms with Crippen molar-refractivity contribution in [3.63, 3.8) is 0 Å². The molecule has 0 bridgehead atoms. The van der Waals surface area contributed by atoms with Crippen LogP contribution in [0.4, 0.5) is 0 Å². The summed E-state index contributed by atoms with van der Waals surface area (Å²) in [6, 6.07) is 0. The van der Waals surface area contributed by atoms with Gasteiger partial charge in [-0.05, 0) is 61.9 Å². The maximum absolute atomic E-state index is 13.2. The maximum atomic E-state index is 13.2. The molecule has 180 valence electrons. The second-order valence-corrected chi connectivity index (χ2v) is 22.4. The molecule has 0 unspecified atom stereocenters. The van der Waals surface area contributed by atoms with E-state index in [4.69, 9.17) is 13.6 Å². The molecule has 0 amide bonds. The number of hydrogen-bond acceptors (Lipinski definition) is 4. The Morgan fingerprint density at radius 3 is 2.03 bits per heavy atom. The summed E-state index contributed by atoms with van der Waals surface area (Å²) in [5.41, 5.74) is 1.28. The van der Waals surface area contributed by atoms with Crippen molar-refractivity contribution in [2.75, 3.05) is 13.7 Å². The van der Waals surface area contributed by atoms with Gasteiger partial charge in [0.25, 0.3) is 0 Å². The lowest BCUT2D eigenvalue weighted by molar-refractivity contribution is -0.152. The van der Waals surface area contributed by atoms with Crippen LogP contribution in [0.15, 0.2) is 11.6 Å². The van der Waals surface area contributed by atoms with Crippen LogP contribution in [0.1, 0.15) is 61.3 Å². The van der Waals surface area contributed by atoms with Gasteiger partial charge in [0.15, 0.2) is 16.6 Å². The van der Waals surface area contributed by atoms with E-state index in [1.54, 1.807) is 0 Å². The average molecular weight is 469 g/mol. The Morgan fingerprint density at radius 2 is 1.55 bits per heavy atom. The number of carbonyl (C=O) groups is 1. The van der Waals surface area contributed by atoms with Gasteiger partial charge >= 0.3 is 5.97 Å². The van der Waals surface area contributed by atoms with Gasteiger partial charge in [-0.1, -0.05) is 53.2 Å². The molecule has 0 aliphatic heterocycles. The van der Waals surface area contributed by atoms with Gasteiger partial charge in [0.2, 0.25) is 0 Å². The summed E-state index contributed by atoms with van der Waals surface area (Å²) in [6.45, 7) is 25.6. The Labute approximate surface area is 193 Å². The lowest BCUT2D eigenvalue weighted by Gasteiger charge is -2.45. The highest BCUT2D eigenvalue weighted by Crippen LogP contribution is 2.51. The lowest BCUT2D eigenvalue weighted by atomic mass is 9.68. The second kappa shape index (κ2) is 9.07. The van der Waals surface area contributed by atoms with Crippen LogP contribution in [0.5, 0.6) is 0 Å². The molecule has 0 heterocycles. The molecule has 2 aliphatic rings. The van der Waals surface area contributed by atoms with Gasteiger partial charge in [0.1, 0.15) is 0 Å². The van der Waals surface area contributed by atoms with E-state index in [1.807, 2.05) is 0 Å². The minimum Gasteiger partial charge on any atom is -0.469 e. The zero-order valence-electron chi connectivity index (χ0n) is 22.2. The molecule has 1 saturated carbocycles. The standard InChI is InChI=1S/C25H48O4Si2/c1-17-15-18-13-14-20(29-31(11,12)25(5,6)7)21(18)22(23(26)27-8)19(17)16-28-30(9,10)24(2,3)4/h15,18-22H,13-14,16H2,1-12H3/t18-,19+,20+,21-,22+/m0/s1. The summed E-state index contributed by atoms with van der Waals surface area (Å²) < 4.78 is 18.9. The van der Waals surface area contributed by atoms with Crippen molar-refractivity contribution in [2.24, 2.45) is 23.7 Å². The zero-order valence-corrected chi connectivity index (χ0v) is 24.2. The first-order valence-corrected chi connectivity index (χ1v) is 17.8. The molecule has 0 N–H and O–H groups in total. The predicted octanol–water partition coefficient (Wildman–Crippen LogP) is 6.79. The van der Waals surface area contributed by atoms with Crippen LogP contribution in [0, 0.1) is 23.7 Å². The molecule has 31 heavy (non-hydrogen) atoms. The molecule has 0 spiro atoms. The molecule has 2 aliphatic carbocycles. The van der Waals surface area contributed by atoms with Crippen molar-refractivity contribution in [2.45, 2.75) is 104 Å². The first-order chi connectivity index (χ1) is 13.9. The predicted molar refractivity (Wildman–Crippen MR) is 134 cm³/mol. The largest absolute Gasteiger partial charge is 0.469 e. The summed E-state index contributed by atoms with van der Waals surface area (Å²) >= 11 is 0. The van der Waals surface area contributed by atoms with Crippen molar-refractivity contribution in [1.82, 2.24) is 0 Å². The highest BCUT2D eigenvalue weighted by atomic mass is 28.4. The van der Waals surface area contributed by atoms with Gasteiger partial charge in [-0.15, -0.1) is 0 Å². The fourth-order valence-corrected chi connectivity index (χ4v) is 7.04. The fraction of sp³-hybridized carbons (Fsp3) is 0.880. The third kappa shape index (κ3) is 5.56. The van der Waals surface area contributed by atoms with E-state index in [2.05, 4.69) is 80.7 Å². The molecule has 1 fully saturated rings. The van der Waals surface area contributed by atoms with Crippen LogP contribution >= 0.6 is 0 Å². The number of ether oxygens (including phenoxy) is 1. The van der Waals surface area contributed by atoms with E-state index in [0.29, 0.717) is 12.5 Å². The van der Waals surface area contributed by atoms with Crippen LogP contribution in [-0.2, 0) is 18.4 Å². The highest BCUT2D eigenvalue weighted by molar-refractivity contribution is 6.74.